The highest BCUT2D eigenvalue weighted by atomic mass is 28.4. The van der Waals surface area contributed by atoms with Crippen molar-refractivity contribution in [2.45, 2.75) is 113 Å². The Balaban J connectivity index is 2.65. The van der Waals surface area contributed by atoms with Gasteiger partial charge in [0.25, 0.3) is 0 Å². The molecule has 1 aliphatic heterocycles. The molecule has 0 amide bonds. The molecule has 0 N–H and O–H groups in total. The Bertz CT molecular complexity index is 852. The van der Waals surface area contributed by atoms with Crippen molar-refractivity contribution in [3.8, 4) is 0 Å². The number of hydrogen-bond acceptors (Lipinski definition) is 5. The quantitative estimate of drug-likeness (QED) is 0.262. The minimum Gasteiger partial charge on any atom is -0.456 e. The highest BCUT2D eigenvalue weighted by Crippen LogP contribution is 2.51. The maximum absolute atomic E-state index is 13.9. The summed E-state index contributed by atoms with van der Waals surface area (Å²) < 4.78 is 18.0. The number of Topliss-reactive ketones (excluding diaryl/α,β-unsaturated/α-hetero) is 1. The highest BCUT2D eigenvalue weighted by molar-refractivity contribution is 6.74. The van der Waals surface area contributed by atoms with Gasteiger partial charge in [0.1, 0.15) is 11.3 Å². The van der Waals surface area contributed by atoms with Gasteiger partial charge in [-0.05, 0) is 61.2 Å². The van der Waals surface area contributed by atoms with Crippen molar-refractivity contribution in [2.24, 2.45) is 17.3 Å². The zero-order valence-electron chi connectivity index (χ0n) is 22.5. The number of cyclic esters (lactones) is 1. The molecule has 1 unspecified atom stereocenters. The Morgan fingerprint density at radius 1 is 1.09 bits per heavy atom. The predicted molar refractivity (Wildman–Crippen MR) is 130 cm³/mol. The molecule has 5 nitrogen and oxygen atoms in total. The fourth-order valence-electron chi connectivity index (χ4n) is 5.04. The van der Waals surface area contributed by atoms with E-state index in [2.05, 4.69) is 61.6 Å². The first-order valence-electron chi connectivity index (χ1n) is 11.8. The van der Waals surface area contributed by atoms with Crippen LogP contribution in [0.25, 0.3) is 0 Å². The number of esters is 1. The SMILES string of the molecule is CC1=C(C(=O)C2=C(C)C(O[Si](C)(C)C(C)(C)C)C[C@@H](C(C)C)C2(C)C)C(=O)OC(C)(C)O1. The summed E-state index contributed by atoms with van der Waals surface area (Å²) in [7, 11) is -2.07. The number of carbonyl (C=O) groups is 2. The topological polar surface area (TPSA) is 61.8 Å². The van der Waals surface area contributed by atoms with Crippen molar-refractivity contribution >= 4 is 20.1 Å². The summed E-state index contributed by atoms with van der Waals surface area (Å²) in [5.74, 6) is -1.08. The molecule has 2 aliphatic rings. The van der Waals surface area contributed by atoms with Crippen molar-refractivity contribution in [3.05, 3.63) is 22.5 Å². The van der Waals surface area contributed by atoms with Gasteiger partial charge in [0.05, 0.1) is 6.10 Å². The van der Waals surface area contributed by atoms with Gasteiger partial charge in [-0.3, -0.25) is 4.79 Å². The summed E-state index contributed by atoms with van der Waals surface area (Å²) in [4.78, 5) is 26.8. The van der Waals surface area contributed by atoms with Gasteiger partial charge < -0.3 is 13.9 Å². The van der Waals surface area contributed by atoms with Gasteiger partial charge in [-0.25, -0.2) is 4.79 Å². The third-order valence-corrected chi connectivity index (χ3v) is 12.2. The van der Waals surface area contributed by atoms with E-state index in [0.29, 0.717) is 17.3 Å². The molecule has 0 aromatic heterocycles. The zero-order chi connectivity index (χ0) is 25.0. The van der Waals surface area contributed by atoms with Crippen molar-refractivity contribution in [1.82, 2.24) is 0 Å². The second-order valence-corrected chi connectivity index (χ2v) is 17.1. The number of ether oxygens (including phenoxy) is 2. The molecule has 0 saturated carbocycles. The van der Waals surface area contributed by atoms with Crippen LogP contribution < -0.4 is 0 Å². The monoisotopic (exact) mass is 464 g/mol. The van der Waals surface area contributed by atoms with E-state index in [1.807, 2.05) is 6.92 Å². The van der Waals surface area contributed by atoms with Crippen LogP contribution in [0.2, 0.25) is 18.1 Å². The van der Waals surface area contributed by atoms with Crippen LogP contribution in [0, 0.1) is 17.3 Å². The van der Waals surface area contributed by atoms with E-state index >= 15 is 0 Å². The number of carbonyl (C=O) groups excluding carboxylic acids is 2. The maximum atomic E-state index is 13.9. The van der Waals surface area contributed by atoms with E-state index in [0.717, 1.165) is 12.0 Å². The van der Waals surface area contributed by atoms with Crippen LogP contribution in [0.15, 0.2) is 22.5 Å². The van der Waals surface area contributed by atoms with Crippen molar-refractivity contribution in [2.75, 3.05) is 0 Å². The lowest BCUT2D eigenvalue weighted by Crippen LogP contribution is -2.49. The molecule has 1 aliphatic carbocycles. The van der Waals surface area contributed by atoms with Gasteiger partial charge in [0.2, 0.25) is 5.79 Å². The third kappa shape index (κ3) is 4.91. The van der Waals surface area contributed by atoms with Crippen LogP contribution in [0.1, 0.15) is 82.6 Å². The summed E-state index contributed by atoms with van der Waals surface area (Å²) in [5, 5.41) is 0.0590. The molecule has 0 radical (unpaired) electrons. The maximum Gasteiger partial charge on any atom is 0.348 e. The van der Waals surface area contributed by atoms with E-state index in [4.69, 9.17) is 13.9 Å². The minimum atomic E-state index is -2.07. The molecule has 0 aromatic carbocycles. The number of hydrogen-bond donors (Lipinski definition) is 0. The highest BCUT2D eigenvalue weighted by Gasteiger charge is 2.50. The number of rotatable bonds is 5. The average Bonchev–Trinajstić information content (AvgIpc) is 2.53. The molecule has 6 heteroatoms. The number of ketones is 1. The first-order valence-corrected chi connectivity index (χ1v) is 14.7. The van der Waals surface area contributed by atoms with E-state index in [-0.39, 0.29) is 28.4 Å². The fraction of sp³-hybridized carbons (Fsp3) is 0.769. The minimum absolute atomic E-state index is 0.00207. The summed E-state index contributed by atoms with van der Waals surface area (Å²) in [5.41, 5.74) is 1.19. The largest absolute Gasteiger partial charge is 0.456 e. The molecule has 0 spiro atoms. The Morgan fingerprint density at radius 2 is 1.62 bits per heavy atom. The third-order valence-electron chi connectivity index (χ3n) is 7.71. The lowest BCUT2D eigenvalue weighted by Gasteiger charge is -2.49. The average molecular weight is 465 g/mol. The fourth-order valence-corrected chi connectivity index (χ4v) is 6.38. The van der Waals surface area contributed by atoms with Crippen LogP contribution in [-0.2, 0) is 23.5 Å². The van der Waals surface area contributed by atoms with Crippen molar-refractivity contribution < 1.29 is 23.5 Å². The van der Waals surface area contributed by atoms with E-state index in [1.54, 1.807) is 20.8 Å². The summed E-state index contributed by atoms with van der Waals surface area (Å²) >= 11 is 0. The Kier molecular flexibility index (Phi) is 7.07. The molecule has 0 bridgehead atoms. The Hall–Kier alpha value is -1.40. The Labute approximate surface area is 196 Å². The van der Waals surface area contributed by atoms with Gasteiger partial charge in [0.15, 0.2) is 14.1 Å². The lowest BCUT2D eigenvalue weighted by atomic mass is 9.59. The van der Waals surface area contributed by atoms with Gasteiger partial charge in [-0.15, -0.1) is 0 Å². The van der Waals surface area contributed by atoms with Gasteiger partial charge in [0, 0.05) is 19.4 Å². The smallest absolute Gasteiger partial charge is 0.348 e. The van der Waals surface area contributed by atoms with E-state index < -0.39 is 25.5 Å². The lowest BCUT2D eigenvalue weighted by molar-refractivity contribution is -0.207. The van der Waals surface area contributed by atoms with Crippen molar-refractivity contribution in [3.63, 3.8) is 0 Å². The van der Waals surface area contributed by atoms with Gasteiger partial charge >= 0.3 is 5.97 Å². The predicted octanol–water partition coefficient (Wildman–Crippen LogP) is 6.55. The molecule has 0 aromatic rings. The summed E-state index contributed by atoms with van der Waals surface area (Å²) in [6, 6.07) is 0. The molecular formula is C26H44O5Si. The van der Waals surface area contributed by atoms with Crippen LogP contribution >= 0.6 is 0 Å². The standard InChI is InChI=1S/C26H44O5Si/c1-15(2)18-14-19(31-32(12,13)24(5,6)7)16(3)21(25(18,8)9)22(27)20-17(4)29-26(10,11)30-23(20)28/h15,18-19H,14H2,1-13H3/t18-,19?/m0/s1. The van der Waals surface area contributed by atoms with Crippen LogP contribution in [0.3, 0.4) is 0 Å². The van der Waals surface area contributed by atoms with Crippen LogP contribution in [0.4, 0.5) is 0 Å². The summed E-state index contributed by atoms with van der Waals surface area (Å²) in [6.45, 7) is 26.8. The molecule has 2 atom stereocenters. The molecule has 2 rings (SSSR count). The van der Waals surface area contributed by atoms with Crippen LogP contribution in [0.5, 0.6) is 0 Å². The van der Waals surface area contributed by atoms with Gasteiger partial charge in [-0.1, -0.05) is 48.5 Å². The molecule has 1 heterocycles. The first-order chi connectivity index (χ1) is 14.2. The Morgan fingerprint density at radius 3 is 2.06 bits per heavy atom. The normalized spacial score (nSPS) is 26.2. The second-order valence-electron chi connectivity index (χ2n) is 12.4. The summed E-state index contributed by atoms with van der Waals surface area (Å²) in [6.07, 6.45) is 0.722. The number of allylic oxidation sites excluding steroid dienone is 2. The van der Waals surface area contributed by atoms with Crippen molar-refractivity contribution in [1.29, 1.82) is 0 Å². The first kappa shape index (κ1) is 26.8. The van der Waals surface area contributed by atoms with Crippen LogP contribution in [-0.4, -0.2) is 32.0 Å². The molecule has 32 heavy (non-hydrogen) atoms. The second kappa shape index (κ2) is 8.43. The van der Waals surface area contributed by atoms with E-state index in [9.17, 15) is 9.59 Å². The molecular weight excluding hydrogens is 420 g/mol. The zero-order valence-corrected chi connectivity index (χ0v) is 23.5. The van der Waals surface area contributed by atoms with Gasteiger partial charge in [-0.2, -0.15) is 0 Å². The molecule has 182 valence electrons. The molecule has 0 saturated heterocycles. The molecule has 0 fully saturated rings. The van der Waals surface area contributed by atoms with E-state index in [1.165, 1.54) is 0 Å².